The van der Waals surface area contributed by atoms with E-state index >= 15 is 0 Å². The molecule has 2 unspecified atom stereocenters. The van der Waals surface area contributed by atoms with Crippen molar-refractivity contribution in [2.45, 2.75) is 44.1 Å². The number of likely N-dealkylation sites (tertiary alicyclic amines) is 1. The molecule has 4 rings (SSSR count). The molecule has 2 fully saturated rings. The number of nitrogens with one attached hydrogen (secondary N) is 1. The van der Waals surface area contributed by atoms with Crippen LogP contribution in [0.2, 0.25) is 0 Å². The molecule has 5 nitrogen and oxygen atoms in total. The molecule has 1 amide bonds. The van der Waals surface area contributed by atoms with Gasteiger partial charge in [-0.05, 0) is 88.0 Å². The van der Waals surface area contributed by atoms with E-state index in [2.05, 4.69) is 47.2 Å². The fourth-order valence-electron chi connectivity index (χ4n) is 5.06. The van der Waals surface area contributed by atoms with E-state index in [1.165, 1.54) is 50.0 Å². The number of hydrogen-bond donors (Lipinski definition) is 2. The zero-order valence-corrected chi connectivity index (χ0v) is 18.5. The summed E-state index contributed by atoms with van der Waals surface area (Å²) in [6, 6.07) is 19.2. The molecule has 1 aliphatic heterocycles. The van der Waals surface area contributed by atoms with Gasteiger partial charge in [0.2, 0.25) is 0 Å². The monoisotopic (exact) mass is 421 g/mol. The predicted octanol–water partition coefficient (Wildman–Crippen LogP) is 3.94. The van der Waals surface area contributed by atoms with Crippen LogP contribution in [0.1, 0.15) is 53.1 Å². The van der Waals surface area contributed by atoms with Crippen LogP contribution in [0.15, 0.2) is 54.6 Å². The average Bonchev–Trinajstić information content (AvgIpc) is 3.62. The molecule has 2 aromatic carbocycles. The molecule has 1 aliphatic carbocycles. The summed E-state index contributed by atoms with van der Waals surface area (Å²) in [5.74, 6) is 1.10. The molecule has 1 saturated carbocycles. The van der Waals surface area contributed by atoms with Crippen molar-refractivity contribution in [1.29, 1.82) is 0 Å². The van der Waals surface area contributed by atoms with Crippen LogP contribution in [0.4, 0.5) is 0 Å². The molecule has 166 valence electrons. The Labute approximate surface area is 186 Å². The molecule has 2 N–H and O–H groups in total. The van der Waals surface area contributed by atoms with Crippen molar-refractivity contribution in [3.63, 3.8) is 0 Å². The Balaban J connectivity index is 1.12. The molecular formula is C26H35N3O2. The number of amides is 1. The molecule has 0 aromatic heterocycles. The summed E-state index contributed by atoms with van der Waals surface area (Å²) in [4.78, 5) is 16.6. The highest BCUT2D eigenvalue weighted by Gasteiger charge is 2.41. The molecular weight excluding hydrogens is 386 g/mol. The van der Waals surface area contributed by atoms with Crippen molar-refractivity contribution < 1.29 is 10.0 Å². The number of benzene rings is 2. The van der Waals surface area contributed by atoms with Crippen molar-refractivity contribution in [2.75, 3.05) is 33.2 Å². The maximum atomic E-state index is 11.4. The second-order valence-electron chi connectivity index (χ2n) is 9.29. The van der Waals surface area contributed by atoms with E-state index in [1.54, 1.807) is 17.6 Å². The van der Waals surface area contributed by atoms with Crippen LogP contribution in [0.3, 0.4) is 0 Å². The van der Waals surface area contributed by atoms with Gasteiger partial charge in [-0.1, -0.05) is 42.5 Å². The van der Waals surface area contributed by atoms with E-state index in [9.17, 15) is 4.79 Å². The quantitative estimate of drug-likeness (QED) is 0.476. The summed E-state index contributed by atoms with van der Waals surface area (Å²) in [5.41, 5.74) is 4.90. The van der Waals surface area contributed by atoms with E-state index < -0.39 is 5.91 Å². The number of carbonyl (C=O) groups excluding carboxylic acids is 1. The molecule has 2 aliphatic rings. The summed E-state index contributed by atoms with van der Waals surface area (Å²) < 4.78 is 0. The molecule has 2 atom stereocenters. The molecule has 0 bridgehead atoms. The topological polar surface area (TPSA) is 55.8 Å². The van der Waals surface area contributed by atoms with Crippen LogP contribution in [-0.4, -0.2) is 60.2 Å². The zero-order valence-electron chi connectivity index (χ0n) is 18.5. The van der Waals surface area contributed by atoms with Crippen molar-refractivity contribution >= 4 is 5.91 Å². The van der Waals surface area contributed by atoms with Gasteiger partial charge >= 0.3 is 0 Å². The van der Waals surface area contributed by atoms with Crippen LogP contribution in [0, 0.1) is 5.92 Å². The normalized spacial score (nSPS) is 21.9. The van der Waals surface area contributed by atoms with Gasteiger partial charge in [-0.25, -0.2) is 5.48 Å². The number of piperidine rings is 1. The van der Waals surface area contributed by atoms with Gasteiger partial charge in [0.1, 0.15) is 0 Å². The van der Waals surface area contributed by atoms with Crippen LogP contribution < -0.4 is 5.48 Å². The minimum absolute atomic E-state index is 0.461. The first kappa shape index (κ1) is 22.0. The minimum Gasteiger partial charge on any atom is -0.303 e. The van der Waals surface area contributed by atoms with Gasteiger partial charge in [0.05, 0.1) is 0 Å². The molecule has 0 radical (unpaired) electrons. The third kappa shape index (κ3) is 5.94. The van der Waals surface area contributed by atoms with E-state index in [0.29, 0.717) is 5.56 Å². The average molecular weight is 422 g/mol. The Morgan fingerprint density at radius 3 is 2.48 bits per heavy atom. The maximum Gasteiger partial charge on any atom is 0.274 e. The maximum absolute atomic E-state index is 11.4. The Morgan fingerprint density at radius 2 is 1.81 bits per heavy atom. The first-order valence-electron chi connectivity index (χ1n) is 11.6. The highest BCUT2D eigenvalue weighted by molar-refractivity contribution is 5.93. The van der Waals surface area contributed by atoms with Gasteiger partial charge in [-0.15, -0.1) is 0 Å². The molecule has 1 heterocycles. The standard InChI is InChI=1S/C26H35N3O2/c1-28(25-18-24(25)22-7-3-2-4-8-22)19-21-13-16-29(17-14-21)15-5-6-20-9-11-23(12-10-20)26(30)27-31/h2-4,7-12,21,24-25,31H,5-6,13-19H2,1H3,(H,27,30). The fourth-order valence-corrected chi connectivity index (χ4v) is 5.06. The third-order valence-electron chi connectivity index (χ3n) is 7.06. The Kier molecular flexibility index (Phi) is 7.38. The second kappa shape index (κ2) is 10.4. The van der Waals surface area contributed by atoms with Gasteiger partial charge in [-0.3, -0.25) is 10.0 Å². The lowest BCUT2D eigenvalue weighted by Gasteiger charge is -2.34. The van der Waals surface area contributed by atoms with Crippen molar-refractivity contribution in [2.24, 2.45) is 5.92 Å². The minimum atomic E-state index is -0.461. The SMILES string of the molecule is CN(CC1CCN(CCCc2ccc(C(=O)NO)cc2)CC1)C1CC1c1ccccc1. The number of hydrogen-bond acceptors (Lipinski definition) is 4. The summed E-state index contributed by atoms with van der Waals surface area (Å²) >= 11 is 0. The lowest BCUT2D eigenvalue weighted by Crippen LogP contribution is -2.39. The molecule has 31 heavy (non-hydrogen) atoms. The smallest absolute Gasteiger partial charge is 0.274 e. The van der Waals surface area contributed by atoms with Gasteiger partial charge in [0, 0.05) is 24.1 Å². The number of carbonyl (C=O) groups is 1. The largest absolute Gasteiger partial charge is 0.303 e. The van der Waals surface area contributed by atoms with E-state index in [-0.39, 0.29) is 0 Å². The first-order chi connectivity index (χ1) is 15.1. The number of nitrogens with zero attached hydrogens (tertiary/aromatic N) is 2. The van der Waals surface area contributed by atoms with Gasteiger partial charge in [0.15, 0.2) is 0 Å². The highest BCUT2D eigenvalue weighted by Crippen LogP contribution is 2.44. The zero-order chi connectivity index (χ0) is 21.6. The summed E-state index contributed by atoms with van der Waals surface area (Å²) in [6.07, 6.45) is 6.07. The van der Waals surface area contributed by atoms with Crippen molar-refractivity contribution in [3.8, 4) is 0 Å². The Hall–Kier alpha value is -2.21. The molecule has 5 heteroatoms. The second-order valence-corrected chi connectivity index (χ2v) is 9.29. The first-order valence-corrected chi connectivity index (χ1v) is 11.6. The Bertz CT molecular complexity index is 831. The van der Waals surface area contributed by atoms with Crippen molar-refractivity contribution in [1.82, 2.24) is 15.3 Å². The van der Waals surface area contributed by atoms with Crippen LogP contribution in [0.5, 0.6) is 0 Å². The van der Waals surface area contributed by atoms with E-state index in [1.807, 2.05) is 12.1 Å². The summed E-state index contributed by atoms with van der Waals surface area (Å²) in [7, 11) is 2.31. The number of likely N-dealkylation sites (N-methyl/N-ethyl adjacent to an activating group) is 1. The number of aryl methyl sites for hydroxylation is 1. The highest BCUT2D eigenvalue weighted by atomic mass is 16.5. The lowest BCUT2D eigenvalue weighted by atomic mass is 9.95. The van der Waals surface area contributed by atoms with Crippen LogP contribution in [0.25, 0.3) is 0 Å². The number of rotatable bonds is 9. The van der Waals surface area contributed by atoms with Crippen molar-refractivity contribution in [3.05, 3.63) is 71.3 Å². The van der Waals surface area contributed by atoms with Gasteiger partial charge in [-0.2, -0.15) is 0 Å². The Morgan fingerprint density at radius 1 is 1.10 bits per heavy atom. The number of hydroxylamine groups is 1. The lowest BCUT2D eigenvalue weighted by molar-refractivity contribution is 0.0706. The molecule has 2 aromatic rings. The summed E-state index contributed by atoms with van der Waals surface area (Å²) in [6.45, 7) is 4.79. The fraction of sp³-hybridized carbons (Fsp3) is 0.500. The summed E-state index contributed by atoms with van der Waals surface area (Å²) in [5, 5.41) is 8.69. The molecule has 1 saturated heterocycles. The van der Waals surface area contributed by atoms with Gasteiger partial charge in [0.25, 0.3) is 5.91 Å². The third-order valence-corrected chi connectivity index (χ3v) is 7.06. The van der Waals surface area contributed by atoms with Crippen LogP contribution >= 0.6 is 0 Å². The molecule has 0 spiro atoms. The van der Waals surface area contributed by atoms with E-state index in [0.717, 1.165) is 37.3 Å². The van der Waals surface area contributed by atoms with E-state index in [4.69, 9.17) is 5.21 Å². The van der Waals surface area contributed by atoms with Crippen LogP contribution in [-0.2, 0) is 6.42 Å². The van der Waals surface area contributed by atoms with Gasteiger partial charge < -0.3 is 9.80 Å². The predicted molar refractivity (Wildman–Crippen MR) is 123 cm³/mol.